The molecule has 0 aliphatic carbocycles. The number of aromatic nitrogens is 2. The lowest BCUT2D eigenvalue weighted by Crippen LogP contribution is -2.41. The fourth-order valence-corrected chi connectivity index (χ4v) is 5.09. The molecule has 4 aromatic rings. The maximum Gasteiger partial charge on any atom is 0.323 e. The molecule has 2 aromatic carbocycles. The zero-order valence-corrected chi connectivity index (χ0v) is 23.1. The SMILES string of the molecule is CC(C)C(C(=O)OCCCNC(=O)c1c(-c2cc3cc(Cl)ccc3[nH]2)[nH]c2cc(Br)ccc12)N(C)C. The van der Waals surface area contributed by atoms with Crippen molar-refractivity contribution in [3.05, 3.63) is 57.5 Å². The van der Waals surface area contributed by atoms with Gasteiger partial charge in [0.2, 0.25) is 0 Å². The van der Waals surface area contributed by atoms with E-state index in [9.17, 15) is 9.59 Å². The molecule has 0 fully saturated rings. The quantitative estimate of drug-likeness (QED) is 0.170. The Morgan fingerprint density at radius 2 is 1.86 bits per heavy atom. The minimum absolute atomic E-state index is 0.146. The van der Waals surface area contributed by atoms with E-state index in [4.69, 9.17) is 16.3 Å². The molecule has 0 bridgehead atoms. The van der Waals surface area contributed by atoms with Gasteiger partial charge in [-0.15, -0.1) is 0 Å². The van der Waals surface area contributed by atoms with Gasteiger partial charge in [0.1, 0.15) is 6.04 Å². The molecule has 0 aliphatic rings. The van der Waals surface area contributed by atoms with Gasteiger partial charge in [0.15, 0.2) is 0 Å². The number of hydrogen-bond donors (Lipinski definition) is 3. The summed E-state index contributed by atoms with van der Waals surface area (Å²) < 4.78 is 6.37. The van der Waals surface area contributed by atoms with E-state index in [1.54, 1.807) is 0 Å². The zero-order chi connectivity index (χ0) is 26.0. The number of hydrogen-bond acceptors (Lipinski definition) is 4. The summed E-state index contributed by atoms with van der Waals surface area (Å²) in [5.41, 5.74) is 3.82. The highest BCUT2D eigenvalue weighted by Gasteiger charge is 2.26. The van der Waals surface area contributed by atoms with Crippen LogP contribution in [0.5, 0.6) is 0 Å². The predicted molar refractivity (Wildman–Crippen MR) is 149 cm³/mol. The molecule has 7 nitrogen and oxygen atoms in total. The highest BCUT2D eigenvalue weighted by atomic mass is 79.9. The van der Waals surface area contributed by atoms with Gasteiger partial charge in [0.05, 0.1) is 23.6 Å². The first-order valence-electron chi connectivity index (χ1n) is 11.9. The normalized spacial score (nSPS) is 12.6. The monoisotopic (exact) mass is 572 g/mol. The van der Waals surface area contributed by atoms with E-state index in [1.807, 2.05) is 75.3 Å². The van der Waals surface area contributed by atoms with Crippen LogP contribution < -0.4 is 5.32 Å². The van der Waals surface area contributed by atoms with E-state index in [0.29, 0.717) is 29.2 Å². The first-order chi connectivity index (χ1) is 17.2. The summed E-state index contributed by atoms with van der Waals surface area (Å²) in [6, 6.07) is 13.1. The van der Waals surface area contributed by atoms with Gasteiger partial charge < -0.3 is 20.0 Å². The molecule has 0 radical (unpaired) electrons. The molecule has 2 aromatic heterocycles. The molecule has 190 valence electrons. The summed E-state index contributed by atoms with van der Waals surface area (Å²) in [7, 11) is 3.73. The van der Waals surface area contributed by atoms with Crippen molar-refractivity contribution >= 4 is 61.2 Å². The van der Waals surface area contributed by atoms with Crippen molar-refractivity contribution in [3.8, 4) is 11.4 Å². The van der Waals surface area contributed by atoms with E-state index in [2.05, 4.69) is 31.2 Å². The molecule has 2 heterocycles. The maximum absolute atomic E-state index is 13.4. The average molecular weight is 574 g/mol. The van der Waals surface area contributed by atoms with Gasteiger partial charge in [-0.2, -0.15) is 0 Å². The van der Waals surface area contributed by atoms with Crippen molar-refractivity contribution in [2.75, 3.05) is 27.2 Å². The molecule has 0 saturated heterocycles. The van der Waals surface area contributed by atoms with Gasteiger partial charge in [0, 0.05) is 37.8 Å². The lowest BCUT2D eigenvalue weighted by atomic mass is 10.0. The Labute approximate surface area is 223 Å². The van der Waals surface area contributed by atoms with Gasteiger partial charge in [-0.05, 0) is 62.8 Å². The summed E-state index contributed by atoms with van der Waals surface area (Å²) in [5, 5.41) is 5.42. The highest BCUT2D eigenvalue weighted by molar-refractivity contribution is 9.10. The number of aromatic amines is 2. The number of fused-ring (bicyclic) bond motifs is 2. The van der Waals surface area contributed by atoms with Gasteiger partial charge in [-0.1, -0.05) is 47.4 Å². The fraction of sp³-hybridized carbons (Fsp3) is 0.333. The van der Waals surface area contributed by atoms with Crippen molar-refractivity contribution in [1.29, 1.82) is 0 Å². The smallest absolute Gasteiger partial charge is 0.323 e. The van der Waals surface area contributed by atoms with Gasteiger partial charge in [0.25, 0.3) is 5.91 Å². The molecule has 1 unspecified atom stereocenters. The third-order valence-electron chi connectivity index (χ3n) is 6.12. The number of rotatable bonds is 9. The summed E-state index contributed by atoms with van der Waals surface area (Å²) >= 11 is 9.67. The molecule has 0 spiro atoms. The number of carbonyl (C=O) groups excluding carboxylic acids is 2. The molecular weight excluding hydrogens is 544 g/mol. The third kappa shape index (κ3) is 5.61. The molecule has 9 heteroatoms. The molecule has 3 N–H and O–H groups in total. The molecule has 0 aliphatic heterocycles. The lowest BCUT2D eigenvalue weighted by Gasteiger charge is -2.25. The van der Waals surface area contributed by atoms with E-state index in [0.717, 1.165) is 32.0 Å². The van der Waals surface area contributed by atoms with E-state index in [1.165, 1.54) is 0 Å². The van der Waals surface area contributed by atoms with Gasteiger partial charge >= 0.3 is 5.97 Å². The first-order valence-corrected chi connectivity index (χ1v) is 13.0. The van der Waals surface area contributed by atoms with Crippen molar-refractivity contribution < 1.29 is 14.3 Å². The van der Waals surface area contributed by atoms with E-state index >= 15 is 0 Å². The summed E-state index contributed by atoms with van der Waals surface area (Å²) in [5.74, 6) is -0.298. The van der Waals surface area contributed by atoms with Gasteiger partial charge in [-0.3, -0.25) is 14.5 Å². The van der Waals surface area contributed by atoms with Crippen LogP contribution in [0.25, 0.3) is 33.2 Å². The standard InChI is InChI=1S/C27H30BrClN4O3/c1-15(2)25(33(3)4)27(35)36-11-5-10-30-26(34)23-19-8-6-17(28)14-21(19)32-24(23)22-13-16-12-18(29)7-9-20(16)31-22/h6-9,12-15,25,31-32H,5,10-11H2,1-4H3,(H,30,34). The second-order valence-electron chi connectivity index (χ2n) is 9.41. The number of esters is 1. The Bertz CT molecular complexity index is 1400. The van der Waals surface area contributed by atoms with Crippen LogP contribution in [0.1, 0.15) is 30.6 Å². The zero-order valence-electron chi connectivity index (χ0n) is 20.7. The molecule has 1 atom stereocenters. The highest BCUT2D eigenvalue weighted by Crippen LogP contribution is 2.33. The van der Waals surface area contributed by atoms with Gasteiger partial charge in [-0.25, -0.2) is 0 Å². The van der Waals surface area contributed by atoms with Crippen LogP contribution in [-0.4, -0.2) is 60.0 Å². The number of likely N-dealkylation sites (N-methyl/N-ethyl adjacent to an activating group) is 1. The van der Waals surface area contributed by atoms with Crippen molar-refractivity contribution in [2.45, 2.75) is 26.3 Å². The second-order valence-corrected chi connectivity index (χ2v) is 10.8. The number of benzene rings is 2. The first kappa shape index (κ1) is 26.3. The minimum Gasteiger partial charge on any atom is -0.464 e. The topological polar surface area (TPSA) is 90.2 Å². The Morgan fingerprint density at radius 1 is 1.08 bits per heavy atom. The van der Waals surface area contributed by atoms with Crippen molar-refractivity contribution in [3.63, 3.8) is 0 Å². The predicted octanol–water partition coefficient (Wildman–Crippen LogP) is 5.98. The third-order valence-corrected chi connectivity index (χ3v) is 6.85. The molecule has 0 saturated carbocycles. The van der Waals surface area contributed by atoms with Crippen LogP contribution in [0.15, 0.2) is 46.9 Å². The van der Waals surface area contributed by atoms with Crippen LogP contribution in [0.3, 0.4) is 0 Å². The molecule has 36 heavy (non-hydrogen) atoms. The van der Waals surface area contributed by atoms with Crippen LogP contribution in [0.2, 0.25) is 5.02 Å². The van der Waals surface area contributed by atoms with Crippen molar-refractivity contribution in [1.82, 2.24) is 20.2 Å². The summed E-state index contributed by atoms with van der Waals surface area (Å²) in [6.07, 6.45) is 0.518. The Hall–Kier alpha value is -2.81. The maximum atomic E-state index is 13.4. The molecule has 4 rings (SSSR count). The Kier molecular flexibility index (Phi) is 8.07. The van der Waals surface area contributed by atoms with E-state index in [-0.39, 0.29) is 30.4 Å². The number of ether oxygens (including phenoxy) is 1. The summed E-state index contributed by atoms with van der Waals surface area (Å²) in [6.45, 7) is 4.61. The molecule has 1 amide bonds. The van der Waals surface area contributed by atoms with Crippen LogP contribution in [0.4, 0.5) is 0 Å². The lowest BCUT2D eigenvalue weighted by molar-refractivity contribution is -0.150. The Morgan fingerprint density at radius 3 is 2.58 bits per heavy atom. The minimum atomic E-state index is -0.293. The van der Waals surface area contributed by atoms with Crippen LogP contribution >= 0.6 is 27.5 Å². The number of carbonyl (C=O) groups is 2. The van der Waals surface area contributed by atoms with E-state index < -0.39 is 0 Å². The molecular formula is C27H30BrClN4O3. The number of nitrogens with one attached hydrogen (secondary N) is 3. The van der Waals surface area contributed by atoms with Crippen LogP contribution in [-0.2, 0) is 9.53 Å². The van der Waals surface area contributed by atoms with Crippen molar-refractivity contribution in [2.24, 2.45) is 5.92 Å². The Balaban J connectivity index is 1.50. The number of nitrogens with zero attached hydrogens (tertiary/aromatic N) is 1. The number of H-pyrrole nitrogens is 2. The largest absolute Gasteiger partial charge is 0.464 e. The number of halogens is 2. The number of amides is 1. The summed E-state index contributed by atoms with van der Waals surface area (Å²) in [4.78, 5) is 34.4. The van der Waals surface area contributed by atoms with Crippen LogP contribution in [0, 0.1) is 5.92 Å². The second kappa shape index (κ2) is 11.1. The average Bonchev–Trinajstić information content (AvgIpc) is 3.38. The fourth-order valence-electron chi connectivity index (χ4n) is 4.55.